The topological polar surface area (TPSA) is 92.8 Å². The van der Waals surface area contributed by atoms with Crippen molar-refractivity contribution in [3.63, 3.8) is 0 Å². The van der Waals surface area contributed by atoms with E-state index in [9.17, 15) is 5.11 Å². The second-order valence-electron chi connectivity index (χ2n) is 7.08. The highest BCUT2D eigenvalue weighted by molar-refractivity contribution is 5.79. The third-order valence-corrected chi connectivity index (χ3v) is 4.62. The Kier molecular flexibility index (Phi) is 5.10. The molecule has 0 saturated heterocycles. The molecule has 152 valence electrons. The molecule has 0 aliphatic heterocycles. The zero-order valence-corrected chi connectivity index (χ0v) is 17.2. The molecule has 7 nitrogen and oxygen atoms in total. The van der Waals surface area contributed by atoms with E-state index in [2.05, 4.69) is 20.5 Å². The number of nitrogens with zero attached hydrogens (tertiary/aromatic N) is 3. The number of methoxy groups -OCH3 is 1. The maximum atomic E-state index is 9.90. The lowest BCUT2D eigenvalue weighted by Gasteiger charge is -2.08. The van der Waals surface area contributed by atoms with Gasteiger partial charge in [-0.3, -0.25) is 0 Å². The number of aryl methyl sites for hydroxylation is 3. The molecular weight excluding hydrogens is 380 g/mol. The molecule has 2 aromatic heterocycles. The van der Waals surface area contributed by atoms with Crippen LogP contribution in [0.4, 0.5) is 5.95 Å². The van der Waals surface area contributed by atoms with E-state index < -0.39 is 0 Å². The van der Waals surface area contributed by atoms with Gasteiger partial charge in [0.1, 0.15) is 11.3 Å². The Morgan fingerprint density at radius 2 is 1.73 bits per heavy atom. The molecule has 0 spiro atoms. The molecule has 7 heteroatoms. The monoisotopic (exact) mass is 402 g/mol. The molecule has 0 aliphatic carbocycles. The molecule has 2 N–H and O–H groups in total. The summed E-state index contributed by atoms with van der Waals surface area (Å²) in [5, 5.41) is 16.0. The van der Waals surface area contributed by atoms with Crippen LogP contribution in [0.2, 0.25) is 0 Å². The predicted molar refractivity (Wildman–Crippen MR) is 115 cm³/mol. The Balaban J connectivity index is 1.87. The maximum Gasteiger partial charge on any atom is 0.243 e. The fraction of sp³-hybridized carbons (Fsp3) is 0.174. The van der Waals surface area contributed by atoms with Gasteiger partial charge in [0.2, 0.25) is 5.95 Å². The number of aromatic nitrogens is 2. The van der Waals surface area contributed by atoms with Crippen LogP contribution in [0.1, 0.15) is 17.0 Å². The molecule has 0 amide bonds. The minimum atomic E-state index is 0.0659. The summed E-state index contributed by atoms with van der Waals surface area (Å²) in [7, 11) is 1.51. The van der Waals surface area contributed by atoms with Crippen molar-refractivity contribution in [2.75, 3.05) is 12.5 Å². The Labute approximate surface area is 173 Å². The molecule has 4 aromatic rings. The van der Waals surface area contributed by atoms with Gasteiger partial charge >= 0.3 is 0 Å². The third kappa shape index (κ3) is 3.96. The fourth-order valence-electron chi connectivity index (χ4n) is 3.23. The van der Waals surface area contributed by atoms with Gasteiger partial charge in [-0.15, -0.1) is 0 Å². The predicted octanol–water partition coefficient (Wildman–Crippen LogP) is 4.46. The molecule has 2 heterocycles. The number of anilines is 1. The molecular formula is C23H22N4O3. The van der Waals surface area contributed by atoms with Gasteiger partial charge in [0.05, 0.1) is 12.5 Å². The van der Waals surface area contributed by atoms with Gasteiger partial charge in [-0.2, -0.15) is 5.10 Å². The molecule has 0 atom stereocenters. The van der Waals surface area contributed by atoms with Crippen molar-refractivity contribution >= 4 is 16.9 Å². The van der Waals surface area contributed by atoms with Crippen molar-refractivity contribution < 1.29 is 14.3 Å². The lowest BCUT2D eigenvalue weighted by atomic mass is 10.1. The summed E-state index contributed by atoms with van der Waals surface area (Å²) in [5.74, 6) is 1.46. The molecule has 0 radical (unpaired) electrons. The lowest BCUT2D eigenvalue weighted by Crippen LogP contribution is -2.09. The van der Waals surface area contributed by atoms with Crippen LogP contribution >= 0.6 is 0 Å². The molecule has 0 fully saturated rings. The van der Waals surface area contributed by atoms with Crippen LogP contribution in [0.3, 0.4) is 0 Å². The lowest BCUT2D eigenvalue weighted by molar-refractivity contribution is 0.373. The summed E-state index contributed by atoms with van der Waals surface area (Å²) in [6.07, 6.45) is 0. The average molecular weight is 402 g/mol. The van der Waals surface area contributed by atoms with E-state index in [0.717, 1.165) is 27.9 Å². The van der Waals surface area contributed by atoms with Crippen LogP contribution in [-0.2, 0) is 0 Å². The number of benzene rings is 2. The number of hydrogen-bond acceptors (Lipinski definition) is 7. The van der Waals surface area contributed by atoms with Gasteiger partial charge in [0, 0.05) is 28.4 Å². The number of rotatable bonds is 4. The van der Waals surface area contributed by atoms with Crippen molar-refractivity contribution in [3.05, 3.63) is 70.8 Å². The highest BCUT2D eigenvalue weighted by Gasteiger charge is 2.10. The van der Waals surface area contributed by atoms with Crippen molar-refractivity contribution in [2.24, 2.45) is 5.10 Å². The summed E-state index contributed by atoms with van der Waals surface area (Å²) >= 11 is 0. The molecule has 0 bridgehead atoms. The van der Waals surface area contributed by atoms with Crippen LogP contribution in [0, 0.1) is 20.8 Å². The molecule has 4 rings (SSSR count). The second-order valence-corrected chi connectivity index (χ2v) is 7.08. The molecule has 2 aromatic carbocycles. The number of nitrogens with one attached hydrogen (secondary N) is 1. The van der Waals surface area contributed by atoms with Crippen molar-refractivity contribution in [1.82, 2.24) is 9.97 Å². The van der Waals surface area contributed by atoms with E-state index >= 15 is 0 Å². The van der Waals surface area contributed by atoms with E-state index in [1.165, 1.54) is 7.11 Å². The van der Waals surface area contributed by atoms with Crippen molar-refractivity contribution in [1.29, 1.82) is 0 Å². The number of fused-ring (bicyclic) bond motifs is 1. The van der Waals surface area contributed by atoms with Crippen LogP contribution in [0.5, 0.6) is 11.5 Å². The van der Waals surface area contributed by atoms with Gasteiger partial charge in [0.15, 0.2) is 11.5 Å². The Morgan fingerprint density at radius 3 is 2.47 bits per heavy atom. The SMILES string of the molecule is COc1cc(-c2cc(=NNc3nc(C)cc(C)n3)c3cc(C)ccc3o2)ccc1O. The molecule has 0 saturated carbocycles. The standard InChI is InChI=1S/C23H22N4O3/c1-13-5-8-20-17(9-13)18(26-27-23-24-14(2)10-15(3)25-23)12-21(30-20)16-6-7-19(28)22(11-16)29-4/h5-12,28H,1-4H3,(H,24,25,27). The zero-order chi connectivity index (χ0) is 21.3. The van der Waals surface area contributed by atoms with Crippen molar-refractivity contribution in [2.45, 2.75) is 20.8 Å². The first-order chi connectivity index (χ1) is 14.4. The van der Waals surface area contributed by atoms with Crippen LogP contribution in [0.15, 0.2) is 58.0 Å². The quantitative estimate of drug-likeness (QED) is 0.490. The normalized spacial score (nSPS) is 11.7. The fourth-order valence-corrected chi connectivity index (χ4v) is 3.23. The van der Waals surface area contributed by atoms with E-state index in [1.54, 1.807) is 18.2 Å². The van der Waals surface area contributed by atoms with Gasteiger partial charge in [0.25, 0.3) is 0 Å². The van der Waals surface area contributed by atoms with Crippen molar-refractivity contribution in [3.8, 4) is 22.8 Å². The second kappa shape index (κ2) is 7.87. The zero-order valence-electron chi connectivity index (χ0n) is 17.2. The Morgan fingerprint density at radius 1 is 0.967 bits per heavy atom. The number of phenols is 1. The summed E-state index contributed by atoms with van der Waals surface area (Å²) in [6.45, 7) is 5.84. The van der Waals surface area contributed by atoms with Crippen LogP contribution in [0.25, 0.3) is 22.3 Å². The largest absolute Gasteiger partial charge is 0.504 e. The summed E-state index contributed by atoms with van der Waals surface area (Å²) in [4.78, 5) is 8.75. The van der Waals surface area contributed by atoms with Gasteiger partial charge in [-0.25, -0.2) is 15.4 Å². The van der Waals surface area contributed by atoms with Crippen LogP contribution in [-0.4, -0.2) is 22.2 Å². The first kappa shape index (κ1) is 19.4. The highest BCUT2D eigenvalue weighted by Crippen LogP contribution is 2.32. The minimum Gasteiger partial charge on any atom is -0.504 e. The summed E-state index contributed by atoms with van der Waals surface area (Å²) in [6, 6.07) is 14.7. The minimum absolute atomic E-state index is 0.0659. The van der Waals surface area contributed by atoms with Gasteiger partial charge in [-0.1, -0.05) is 11.6 Å². The summed E-state index contributed by atoms with van der Waals surface area (Å²) < 4.78 is 11.3. The first-order valence-electron chi connectivity index (χ1n) is 9.47. The van der Waals surface area contributed by atoms with Crippen LogP contribution < -0.4 is 15.5 Å². The Hall–Kier alpha value is -3.87. The van der Waals surface area contributed by atoms with E-state index in [-0.39, 0.29) is 5.75 Å². The first-order valence-corrected chi connectivity index (χ1v) is 9.47. The number of hydrogen-bond donors (Lipinski definition) is 2. The molecule has 0 aliphatic rings. The average Bonchev–Trinajstić information content (AvgIpc) is 2.71. The molecule has 0 unspecified atom stereocenters. The molecule has 30 heavy (non-hydrogen) atoms. The van der Waals surface area contributed by atoms with E-state index in [1.807, 2.05) is 51.1 Å². The summed E-state index contributed by atoms with van der Waals surface area (Å²) in [5.41, 5.74) is 7.22. The van der Waals surface area contributed by atoms with Gasteiger partial charge in [-0.05, 0) is 57.2 Å². The maximum absolute atomic E-state index is 9.90. The Bertz CT molecular complexity index is 1290. The van der Waals surface area contributed by atoms with E-state index in [0.29, 0.717) is 28.4 Å². The smallest absolute Gasteiger partial charge is 0.243 e. The number of phenolic OH excluding ortho intramolecular Hbond substituents is 1. The number of aromatic hydroxyl groups is 1. The third-order valence-electron chi connectivity index (χ3n) is 4.62. The highest BCUT2D eigenvalue weighted by atomic mass is 16.5. The van der Waals surface area contributed by atoms with E-state index in [4.69, 9.17) is 9.15 Å². The van der Waals surface area contributed by atoms with Gasteiger partial charge < -0.3 is 14.3 Å². The number of ether oxygens (including phenoxy) is 1.